The Labute approximate surface area is 125 Å². The van der Waals surface area contributed by atoms with Gasteiger partial charge in [-0.15, -0.1) is 0 Å². The molecule has 2 aromatic rings. The number of hydrogen-bond donors (Lipinski definition) is 1. The Kier molecular flexibility index (Phi) is 4.18. The van der Waals surface area contributed by atoms with E-state index in [0.29, 0.717) is 10.7 Å². The Bertz CT molecular complexity index is 716. The van der Waals surface area contributed by atoms with E-state index in [4.69, 9.17) is 11.6 Å². The molecule has 0 radical (unpaired) electrons. The average molecular weight is 361 g/mol. The van der Waals surface area contributed by atoms with Crippen molar-refractivity contribution in [2.45, 2.75) is 11.8 Å². The third-order valence-electron chi connectivity index (χ3n) is 2.52. The highest BCUT2D eigenvalue weighted by molar-refractivity contribution is 9.10. The van der Waals surface area contributed by atoms with Gasteiger partial charge in [0.15, 0.2) is 0 Å². The third kappa shape index (κ3) is 3.49. The maximum Gasteiger partial charge on any atom is 0.261 e. The van der Waals surface area contributed by atoms with E-state index in [1.54, 1.807) is 42.5 Å². The second-order valence-electron chi connectivity index (χ2n) is 4.03. The highest BCUT2D eigenvalue weighted by Gasteiger charge is 2.15. The molecule has 0 aliphatic rings. The van der Waals surface area contributed by atoms with Gasteiger partial charge in [0, 0.05) is 9.50 Å². The maximum absolute atomic E-state index is 12.2. The zero-order valence-electron chi connectivity index (χ0n) is 10.0. The highest BCUT2D eigenvalue weighted by atomic mass is 79.9. The van der Waals surface area contributed by atoms with Crippen LogP contribution in [-0.2, 0) is 10.0 Å². The van der Waals surface area contributed by atoms with Crippen LogP contribution in [0.5, 0.6) is 0 Å². The molecule has 2 aromatic carbocycles. The van der Waals surface area contributed by atoms with Gasteiger partial charge in [0.1, 0.15) is 0 Å². The molecule has 3 nitrogen and oxygen atoms in total. The molecule has 100 valence electrons. The predicted molar refractivity (Wildman–Crippen MR) is 81.1 cm³/mol. The Morgan fingerprint density at radius 1 is 1.16 bits per heavy atom. The number of sulfonamides is 1. The van der Waals surface area contributed by atoms with Gasteiger partial charge in [0.25, 0.3) is 10.0 Å². The average Bonchev–Trinajstić information content (AvgIpc) is 2.32. The van der Waals surface area contributed by atoms with Gasteiger partial charge in [-0.25, -0.2) is 8.42 Å². The molecule has 0 atom stereocenters. The minimum absolute atomic E-state index is 0.216. The van der Waals surface area contributed by atoms with Gasteiger partial charge >= 0.3 is 0 Å². The van der Waals surface area contributed by atoms with E-state index in [9.17, 15) is 8.42 Å². The number of rotatable bonds is 3. The summed E-state index contributed by atoms with van der Waals surface area (Å²) in [5, 5.41) is 0.479. The van der Waals surface area contributed by atoms with Gasteiger partial charge in [0.05, 0.1) is 10.6 Å². The van der Waals surface area contributed by atoms with E-state index in [-0.39, 0.29) is 4.90 Å². The van der Waals surface area contributed by atoms with Crippen LogP contribution in [0.3, 0.4) is 0 Å². The predicted octanol–water partition coefficient (Wildman–Crippen LogP) is 4.21. The van der Waals surface area contributed by atoms with Crippen molar-refractivity contribution >= 4 is 43.2 Å². The molecule has 0 heterocycles. The van der Waals surface area contributed by atoms with Crippen molar-refractivity contribution in [1.29, 1.82) is 0 Å². The van der Waals surface area contributed by atoms with Crippen LogP contribution in [0, 0.1) is 6.92 Å². The summed E-state index contributed by atoms with van der Waals surface area (Å²) < 4.78 is 27.8. The maximum atomic E-state index is 12.2. The molecule has 0 bridgehead atoms. The first kappa shape index (κ1) is 14.4. The summed E-state index contributed by atoms with van der Waals surface area (Å²) in [7, 11) is -3.60. The van der Waals surface area contributed by atoms with Crippen molar-refractivity contribution in [2.75, 3.05) is 4.72 Å². The second-order valence-corrected chi connectivity index (χ2v) is 7.00. The van der Waals surface area contributed by atoms with Crippen LogP contribution in [0.1, 0.15) is 5.56 Å². The molecule has 0 amide bonds. The SMILES string of the molecule is Cc1cc(S(=O)(=O)Nc2cccc(Cl)c2)ccc1Br. The Morgan fingerprint density at radius 3 is 2.53 bits per heavy atom. The molecule has 0 aromatic heterocycles. The van der Waals surface area contributed by atoms with Crippen molar-refractivity contribution in [3.8, 4) is 0 Å². The third-order valence-corrected chi connectivity index (χ3v) is 5.02. The molecule has 0 fully saturated rings. The van der Waals surface area contributed by atoms with Gasteiger partial charge in [-0.3, -0.25) is 4.72 Å². The van der Waals surface area contributed by atoms with Crippen LogP contribution in [0.25, 0.3) is 0 Å². The highest BCUT2D eigenvalue weighted by Crippen LogP contribution is 2.23. The molecular formula is C13H11BrClNO2S. The molecular weight excluding hydrogens is 350 g/mol. The van der Waals surface area contributed by atoms with E-state index in [2.05, 4.69) is 20.7 Å². The molecule has 0 spiro atoms. The van der Waals surface area contributed by atoms with E-state index >= 15 is 0 Å². The van der Waals surface area contributed by atoms with E-state index in [0.717, 1.165) is 10.0 Å². The smallest absolute Gasteiger partial charge is 0.261 e. The molecule has 1 N–H and O–H groups in total. The fourth-order valence-corrected chi connectivity index (χ4v) is 3.12. The summed E-state index contributed by atoms with van der Waals surface area (Å²) in [4.78, 5) is 0.216. The number of nitrogens with one attached hydrogen (secondary N) is 1. The first-order chi connectivity index (χ1) is 8.88. The van der Waals surface area contributed by atoms with Crippen LogP contribution in [0.4, 0.5) is 5.69 Å². The summed E-state index contributed by atoms with van der Waals surface area (Å²) in [6, 6.07) is 11.4. The van der Waals surface area contributed by atoms with Crippen molar-refractivity contribution in [3.63, 3.8) is 0 Å². The van der Waals surface area contributed by atoms with Crippen molar-refractivity contribution < 1.29 is 8.42 Å². The standard InChI is InChI=1S/C13H11BrClNO2S/c1-9-7-12(5-6-13(9)14)19(17,18)16-11-4-2-3-10(15)8-11/h2-8,16H,1H3. The number of anilines is 1. The summed E-state index contributed by atoms with van der Waals surface area (Å²) in [6.07, 6.45) is 0. The van der Waals surface area contributed by atoms with Crippen molar-refractivity contribution in [3.05, 3.63) is 57.5 Å². The Hall–Kier alpha value is -1.04. The van der Waals surface area contributed by atoms with E-state index in [1.807, 2.05) is 6.92 Å². The summed E-state index contributed by atoms with van der Waals surface area (Å²) in [5.41, 5.74) is 1.29. The lowest BCUT2D eigenvalue weighted by Crippen LogP contribution is -2.13. The fourth-order valence-electron chi connectivity index (χ4n) is 1.55. The number of aryl methyl sites for hydroxylation is 1. The second kappa shape index (κ2) is 5.53. The summed E-state index contributed by atoms with van der Waals surface area (Å²) in [5.74, 6) is 0. The molecule has 19 heavy (non-hydrogen) atoms. The van der Waals surface area contributed by atoms with Crippen LogP contribution in [-0.4, -0.2) is 8.42 Å². The molecule has 0 aliphatic heterocycles. The quantitative estimate of drug-likeness (QED) is 0.891. The normalized spacial score (nSPS) is 11.3. The fraction of sp³-hybridized carbons (Fsp3) is 0.0769. The van der Waals surface area contributed by atoms with Gasteiger partial charge in [-0.05, 0) is 48.9 Å². The Balaban J connectivity index is 2.35. The van der Waals surface area contributed by atoms with Crippen molar-refractivity contribution in [1.82, 2.24) is 0 Å². The molecule has 0 saturated heterocycles. The number of hydrogen-bond acceptors (Lipinski definition) is 2. The van der Waals surface area contributed by atoms with Crippen LogP contribution >= 0.6 is 27.5 Å². The molecule has 2 rings (SSSR count). The van der Waals surface area contributed by atoms with Crippen LogP contribution in [0.15, 0.2) is 51.8 Å². The molecule has 0 unspecified atom stereocenters. The van der Waals surface area contributed by atoms with Gasteiger partial charge in [-0.2, -0.15) is 0 Å². The lowest BCUT2D eigenvalue weighted by Gasteiger charge is -2.09. The minimum atomic E-state index is -3.60. The molecule has 6 heteroatoms. The van der Waals surface area contributed by atoms with Gasteiger partial charge < -0.3 is 0 Å². The summed E-state index contributed by atoms with van der Waals surface area (Å²) >= 11 is 9.16. The number of halogens is 2. The minimum Gasteiger partial charge on any atom is -0.280 e. The van der Waals surface area contributed by atoms with Crippen molar-refractivity contribution in [2.24, 2.45) is 0 Å². The molecule has 0 saturated carbocycles. The monoisotopic (exact) mass is 359 g/mol. The first-order valence-electron chi connectivity index (χ1n) is 5.43. The Morgan fingerprint density at radius 2 is 1.89 bits per heavy atom. The first-order valence-corrected chi connectivity index (χ1v) is 8.08. The number of benzene rings is 2. The topological polar surface area (TPSA) is 46.2 Å². The lowest BCUT2D eigenvalue weighted by atomic mass is 10.2. The zero-order chi connectivity index (χ0) is 14.0. The summed E-state index contributed by atoms with van der Waals surface area (Å²) in [6.45, 7) is 1.84. The largest absolute Gasteiger partial charge is 0.280 e. The van der Waals surface area contributed by atoms with E-state index < -0.39 is 10.0 Å². The van der Waals surface area contributed by atoms with E-state index in [1.165, 1.54) is 0 Å². The lowest BCUT2D eigenvalue weighted by molar-refractivity contribution is 0.601. The van der Waals surface area contributed by atoms with Gasteiger partial charge in [-0.1, -0.05) is 33.6 Å². The van der Waals surface area contributed by atoms with Crippen LogP contribution < -0.4 is 4.72 Å². The van der Waals surface area contributed by atoms with Gasteiger partial charge in [0.2, 0.25) is 0 Å². The molecule has 0 aliphatic carbocycles. The zero-order valence-corrected chi connectivity index (χ0v) is 13.2. The van der Waals surface area contributed by atoms with Crippen LogP contribution in [0.2, 0.25) is 5.02 Å².